The Morgan fingerprint density at radius 1 is 1.56 bits per heavy atom. The molecule has 0 bridgehead atoms. The minimum Gasteiger partial charge on any atom is -0.467 e. The van der Waals surface area contributed by atoms with E-state index in [0.717, 1.165) is 18.9 Å². The highest BCUT2D eigenvalue weighted by Gasteiger charge is 2.40. The van der Waals surface area contributed by atoms with Gasteiger partial charge in [-0.2, -0.15) is 13.2 Å². The summed E-state index contributed by atoms with van der Waals surface area (Å²) in [5.74, 6) is -3.18. The maximum absolute atomic E-state index is 11.9. The van der Waals surface area contributed by atoms with Crippen LogP contribution in [0, 0.1) is 0 Å². The van der Waals surface area contributed by atoms with Gasteiger partial charge in [0.15, 0.2) is 0 Å². The fourth-order valence-corrected chi connectivity index (χ4v) is 1.26. The molecule has 1 N–H and O–H groups in total. The number of carbonyl (C=O) groups excluding carboxylic acids is 2. The van der Waals surface area contributed by atoms with Crippen molar-refractivity contribution in [3.63, 3.8) is 0 Å². The van der Waals surface area contributed by atoms with Crippen LogP contribution in [0.3, 0.4) is 0 Å². The van der Waals surface area contributed by atoms with E-state index < -0.39 is 24.1 Å². The number of halogens is 3. The zero-order valence-corrected chi connectivity index (χ0v) is 9.15. The van der Waals surface area contributed by atoms with Crippen LogP contribution in [0.25, 0.3) is 0 Å². The molecule has 0 aliphatic heterocycles. The molecular formula is C8H10F3NO3S. The lowest BCUT2D eigenvalue weighted by Crippen LogP contribution is -2.48. The van der Waals surface area contributed by atoms with E-state index in [-0.39, 0.29) is 5.75 Å². The number of nitrogens with one attached hydrogen (secondary N) is 1. The summed E-state index contributed by atoms with van der Waals surface area (Å²) in [5.41, 5.74) is 0. The van der Waals surface area contributed by atoms with Crippen LogP contribution in [-0.4, -0.2) is 37.0 Å². The van der Waals surface area contributed by atoms with Crippen LogP contribution in [-0.2, 0) is 14.3 Å². The number of rotatable bonds is 5. The molecule has 0 heterocycles. The van der Waals surface area contributed by atoms with Gasteiger partial charge in [0.25, 0.3) is 0 Å². The first-order valence-electron chi connectivity index (χ1n) is 4.01. The Labute approximate surface area is 94.2 Å². The fraction of sp³-hybridized carbons (Fsp3) is 0.500. The first-order chi connectivity index (χ1) is 7.32. The quantitative estimate of drug-likeness (QED) is 0.749. The van der Waals surface area contributed by atoms with E-state index in [9.17, 15) is 22.8 Å². The van der Waals surface area contributed by atoms with E-state index in [4.69, 9.17) is 0 Å². The maximum atomic E-state index is 11.9. The molecule has 0 rings (SSSR count). The molecule has 0 aromatic heterocycles. The Balaban J connectivity index is 4.48. The van der Waals surface area contributed by atoms with E-state index in [0.29, 0.717) is 0 Å². The first kappa shape index (κ1) is 14.8. The van der Waals surface area contributed by atoms with Gasteiger partial charge in [0.05, 0.1) is 7.11 Å². The van der Waals surface area contributed by atoms with Gasteiger partial charge in [-0.05, 0) is 5.41 Å². The van der Waals surface area contributed by atoms with Gasteiger partial charge in [0.2, 0.25) is 0 Å². The van der Waals surface area contributed by atoms with Crippen molar-refractivity contribution in [1.82, 2.24) is 5.32 Å². The lowest BCUT2D eigenvalue weighted by Gasteiger charge is -2.16. The van der Waals surface area contributed by atoms with Crippen LogP contribution in [0.1, 0.15) is 0 Å². The van der Waals surface area contributed by atoms with Crippen LogP contribution >= 0.6 is 11.8 Å². The van der Waals surface area contributed by atoms with Gasteiger partial charge in [0, 0.05) is 5.75 Å². The van der Waals surface area contributed by atoms with Crippen LogP contribution < -0.4 is 5.32 Å². The van der Waals surface area contributed by atoms with Crippen LogP contribution in [0.2, 0.25) is 0 Å². The molecule has 0 aromatic carbocycles. The van der Waals surface area contributed by atoms with E-state index in [1.54, 1.807) is 0 Å². The van der Waals surface area contributed by atoms with E-state index >= 15 is 0 Å². The Morgan fingerprint density at radius 2 is 2.12 bits per heavy atom. The smallest absolute Gasteiger partial charge is 0.467 e. The normalized spacial score (nSPS) is 12.8. The number of hydrogen-bond acceptors (Lipinski definition) is 4. The summed E-state index contributed by atoms with van der Waals surface area (Å²) in [6.07, 6.45) is -5.02. The molecule has 16 heavy (non-hydrogen) atoms. The SMILES string of the molecule is C=CSCC(NC(=O)C(F)(F)F)C(=O)OC. The highest BCUT2D eigenvalue weighted by atomic mass is 32.2. The highest BCUT2D eigenvalue weighted by molar-refractivity contribution is 8.02. The summed E-state index contributed by atoms with van der Waals surface area (Å²) in [6, 6.07) is -1.35. The van der Waals surface area contributed by atoms with Gasteiger partial charge in [0.1, 0.15) is 6.04 Å². The van der Waals surface area contributed by atoms with Crippen molar-refractivity contribution in [1.29, 1.82) is 0 Å². The van der Waals surface area contributed by atoms with E-state index in [1.165, 1.54) is 10.7 Å². The number of alkyl halides is 3. The first-order valence-corrected chi connectivity index (χ1v) is 5.05. The van der Waals surface area contributed by atoms with Gasteiger partial charge in [-0.3, -0.25) is 4.79 Å². The average Bonchev–Trinajstić information content (AvgIpc) is 2.21. The standard InChI is InChI=1S/C8H10F3NO3S/c1-3-16-4-5(6(13)15-2)12-7(14)8(9,10)11/h3,5H,1,4H2,2H3,(H,12,14). The predicted octanol–water partition coefficient (Wildman–Crippen LogP) is 1.08. The molecule has 0 saturated heterocycles. The minimum atomic E-state index is -5.02. The lowest BCUT2D eigenvalue weighted by atomic mass is 10.3. The number of ether oxygens (including phenoxy) is 1. The number of thioether (sulfide) groups is 1. The fourth-order valence-electron chi connectivity index (χ4n) is 0.715. The van der Waals surface area contributed by atoms with Gasteiger partial charge < -0.3 is 10.1 Å². The van der Waals surface area contributed by atoms with Crippen molar-refractivity contribution in [2.75, 3.05) is 12.9 Å². The Hall–Kier alpha value is -1.18. The molecule has 0 fully saturated rings. The van der Waals surface area contributed by atoms with Crippen molar-refractivity contribution in [3.05, 3.63) is 12.0 Å². The zero-order chi connectivity index (χ0) is 12.8. The molecule has 0 saturated carbocycles. The summed E-state index contributed by atoms with van der Waals surface area (Å²) in [5, 5.41) is 2.88. The summed E-state index contributed by atoms with van der Waals surface area (Å²) in [7, 11) is 1.02. The summed E-state index contributed by atoms with van der Waals surface area (Å²) in [4.78, 5) is 21.6. The largest absolute Gasteiger partial charge is 0.471 e. The van der Waals surface area contributed by atoms with E-state index in [1.807, 2.05) is 0 Å². The molecule has 1 amide bonds. The Bertz CT molecular complexity index is 280. The Morgan fingerprint density at radius 3 is 2.50 bits per heavy atom. The maximum Gasteiger partial charge on any atom is 0.471 e. The number of esters is 1. The number of methoxy groups -OCH3 is 1. The topological polar surface area (TPSA) is 55.4 Å². The van der Waals surface area contributed by atoms with Crippen molar-refractivity contribution < 1.29 is 27.5 Å². The molecule has 1 atom stereocenters. The molecule has 8 heteroatoms. The van der Waals surface area contributed by atoms with Crippen molar-refractivity contribution in [2.24, 2.45) is 0 Å². The zero-order valence-electron chi connectivity index (χ0n) is 8.34. The molecule has 1 unspecified atom stereocenters. The predicted molar refractivity (Wildman–Crippen MR) is 52.7 cm³/mol. The second-order valence-electron chi connectivity index (χ2n) is 2.55. The second kappa shape index (κ2) is 6.41. The molecule has 0 radical (unpaired) electrons. The molecule has 92 valence electrons. The van der Waals surface area contributed by atoms with E-state index in [2.05, 4.69) is 11.3 Å². The van der Waals surface area contributed by atoms with Gasteiger partial charge >= 0.3 is 18.1 Å². The van der Waals surface area contributed by atoms with Crippen LogP contribution in [0.4, 0.5) is 13.2 Å². The third-order valence-electron chi connectivity index (χ3n) is 1.43. The summed E-state index contributed by atoms with van der Waals surface area (Å²) in [6.45, 7) is 3.32. The molecular weight excluding hydrogens is 247 g/mol. The molecule has 0 aliphatic rings. The monoisotopic (exact) mass is 257 g/mol. The van der Waals surface area contributed by atoms with Crippen molar-refractivity contribution in [3.8, 4) is 0 Å². The average molecular weight is 257 g/mol. The molecule has 0 aliphatic carbocycles. The lowest BCUT2D eigenvalue weighted by molar-refractivity contribution is -0.175. The highest BCUT2D eigenvalue weighted by Crippen LogP contribution is 2.15. The number of carbonyl (C=O) groups is 2. The van der Waals surface area contributed by atoms with Gasteiger partial charge in [-0.25, -0.2) is 4.79 Å². The van der Waals surface area contributed by atoms with Crippen molar-refractivity contribution >= 4 is 23.6 Å². The third-order valence-corrected chi connectivity index (χ3v) is 2.19. The molecule has 0 aromatic rings. The molecule has 0 spiro atoms. The molecule has 4 nitrogen and oxygen atoms in total. The summed E-state index contributed by atoms with van der Waals surface area (Å²) < 4.78 is 40.0. The van der Waals surface area contributed by atoms with Gasteiger partial charge in [-0.15, -0.1) is 11.8 Å². The number of amides is 1. The Kier molecular flexibility index (Phi) is 5.94. The number of hydrogen-bond donors (Lipinski definition) is 1. The van der Waals surface area contributed by atoms with Gasteiger partial charge in [-0.1, -0.05) is 6.58 Å². The van der Waals surface area contributed by atoms with Crippen LogP contribution in [0.15, 0.2) is 12.0 Å². The third kappa shape index (κ3) is 5.06. The van der Waals surface area contributed by atoms with Crippen molar-refractivity contribution in [2.45, 2.75) is 12.2 Å². The summed E-state index contributed by atoms with van der Waals surface area (Å²) >= 11 is 0.994. The van der Waals surface area contributed by atoms with Crippen LogP contribution in [0.5, 0.6) is 0 Å². The second-order valence-corrected chi connectivity index (χ2v) is 3.55. The minimum absolute atomic E-state index is 0.0714.